The van der Waals surface area contributed by atoms with Crippen molar-refractivity contribution in [2.45, 2.75) is 46.2 Å². The zero-order valence-electron chi connectivity index (χ0n) is 12.1. The van der Waals surface area contributed by atoms with Crippen LogP contribution in [-0.2, 0) is 13.1 Å². The summed E-state index contributed by atoms with van der Waals surface area (Å²) in [6.45, 7) is 7.89. The quantitative estimate of drug-likeness (QED) is 0.904. The molecule has 0 amide bonds. The van der Waals surface area contributed by atoms with Crippen molar-refractivity contribution < 1.29 is 4.39 Å². The van der Waals surface area contributed by atoms with Gasteiger partial charge in [0.1, 0.15) is 5.82 Å². The van der Waals surface area contributed by atoms with Crippen molar-refractivity contribution in [2.75, 3.05) is 13.1 Å². The van der Waals surface area contributed by atoms with Crippen molar-refractivity contribution in [1.29, 1.82) is 0 Å². The molecular weight excluding hydrogens is 239 g/mol. The van der Waals surface area contributed by atoms with Gasteiger partial charge in [-0.3, -0.25) is 4.90 Å². The van der Waals surface area contributed by atoms with Gasteiger partial charge in [0.25, 0.3) is 0 Å². The number of hydrogen-bond acceptors (Lipinski definition) is 2. The number of hydrogen-bond donors (Lipinski definition) is 1. The number of piperidine rings is 1. The molecule has 1 aromatic rings. The second-order valence-corrected chi connectivity index (χ2v) is 6.07. The first-order valence-corrected chi connectivity index (χ1v) is 7.26. The van der Waals surface area contributed by atoms with Crippen molar-refractivity contribution in [3.8, 4) is 0 Å². The Morgan fingerprint density at radius 3 is 2.53 bits per heavy atom. The lowest BCUT2D eigenvalue weighted by Gasteiger charge is -2.39. The highest BCUT2D eigenvalue weighted by atomic mass is 19.1. The van der Waals surface area contributed by atoms with Gasteiger partial charge < -0.3 is 5.73 Å². The van der Waals surface area contributed by atoms with Crippen LogP contribution in [0.3, 0.4) is 0 Å². The summed E-state index contributed by atoms with van der Waals surface area (Å²) in [7, 11) is 0. The van der Waals surface area contributed by atoms with Crippen LogP contribution in [0.2, 0.25) is 0 Å². The molecule has 1 fully saturated rings. The molecule has 0 saturated carbocycles. The van der Waals surface area contributed by atoms with Gasteiger partial charge in [-0.2, -0.15) is 0 Å². The Morgan fingerprint density at radius 2 is 2.00 bits per heavy atom. The van der Waals surface area contributed by atoms with Gasteiger partial charge in [-0.15, -0.1) is 0 Å². The van der Waals surface area contributed by atoms with E-state index in [-0.39, 0.29) is 5.82 Å². The van der Waals surface area contributed by atoms with Crippen LogP contribution in [0, 0.1) is 11.2 Å². The number of nitrogens with two attached hydrogens (primary N) is 1. The molecule has 0 unspecified atom stereocenters. The van der Waals surface area contributed by atoms with Crippen molar-refractivity contribution in [1.82, 2.24) is 4.90 Å². The van der Waals surface area contributed by atoms with Crippen LogP contribution in [0.5, 0.6) is 0 Å². The van der Waals surface area contributed by atoms with E-state index in [1.807, 2.05) is 12.1 Å². The molecule has 2 rings (SSSR count). The first kappa shape index (κ1) is 14.5. The maximum Gasteiger partial charge on any atom is 0.128 e. The van der Waals surface area contributed by atoms with Gasteiger partial charge >= 0.3 is 0 Å². The van der Waals surface area contributed by atoms with Crippen molar-refractivity contribution in [3.63, 3.8) is 0 Å². The molecule has 1 saturated heterocycles. The molecule has 1 aliphatic heterocycles. The maximum atomic E-state index is 13.9. The molecule has 0 radical (unpaired) electrons. The van der Waals surface area contributed by atoms with E-state index in [1.54, 1.807) is 6.07 Å². The molecule has 2 N–H and O–H groups in total. The Kier molecular flexibility index (Phi) is 4.58. The fraction of sp³-hybridized carbons (Fsp3) is 0.625. The average molecular weight is 264 g/mol. The van der Waals surface area contributed by atoms with Crippen LogP contribution >= 0.6 is 0 Å². The van der Waals surface area contributed by atoms with E-state index in [2.05, 4.69) is 18.7 Å². The van der Waals surface area contributed by atoms with Crippen LogP contribution < -0.4 is 5.73 Å². The van der Waals surface area contributed by atoms with Crippen LogP contribution in [0.15, 0.2) is 18.2 Å². The summed E-state index contributed by atoms with van der Waals surface area (Å²) >= 11 is 0. The zero-order valence-corrected chi connectivity index (χ0v) is 12.1. The van der Waals surface area contributed by atoms with E-state index in [1.165, 1.54) is 19.3 Å². The molecule has 1 aliphatic rings. The molecule has 0 atom stereocenters. The lowest BCUT2D eigenvalue weighted by Crippen LogP contribution is -2.38. The number of rotatable bonds is 4. The van der Waals surface area contributed by atoms with Gasteiger partial charge in [0.15, 0.2) is 0 Å². The second-order valence-electron chi connectivity index (χ2n) is 6.07. The summed E-state index contributed by atoms with van der Waals surface area (Å²) in [6, 6.07) is 5.37. The molecule has 0 aliphatic carbocycles. The monoisotopic (exact) mass is 264 g/mol. The average Bonchev–Trinajstić information content (AvgIpc) is 2.43. The first-order chi connectivity index (χ1) is 9.06. The molecule has 0 aromatic heterocycles. The van der Waals surface area contributed by atoms with Gasteiger partial charge in [-0.05, 0) is 43.0 Å². The Hall–Kier alpha value is -0.930. The number of benzene rings is 1. The lowest BCUT2D eigenvalue weighted by atomic mass is 9.78. The molecule has 2 nitrogen and oxygen atoms in total. The van der Waals surface area contributed by atoms with E-state index < -0.39 is 0 Å². The fourth-order valence-corrected chi connectivity index (χ4v) is 2.69. The van der Waals surface area contributed by atoms with E-state index in [0.717, 1.165) is 30.8 Å². The highest BCUT2D eigenvalue weighted by Crippen LogP contribution is 2.34. The summed E-state index contributed by atoms with van der Waals surface area (Å²) in [5.74, 6) is -0.119. The highest BCUT2D eigenvalue weighted by Gasteiger charge is 2.28. The predicted molar refractivity (Wildman–Crippen MR) is 77.2 cm³/mol. The van der Waals surface area contributed by atoms with Gasteiger partial charge in [0, 0.05) is 18.7 Å². The summed E-state index contributed by atoms with van der Waals surface area (Å²) in [5, 5.41) is 0. The SMILES string of the molecule is CCC1(C)CCN(Cc2ccc(CN)cc2F)CC1. The summed E-state index contributed by atoms with van der Waals surface area (Å²) in [6.07, 6.45) is 3.67. The van der Waals surface area contributed by atoms with Crippen molar-refractivity contribution in [3.05, 3.63) is 35.1 Å². The summed E-state index contributed by atoms with van der Waals surface area (Å²) < 4.78 is 13.9. The lowest BCUT2D eigenvalue weighted by molar-refractivity contribution is 0.109. The highest BCUT2D eigenvalue weighted by molar-refractivity contribution is 5.24. The Morgan fingerprint density at radius 1 is 1.32 bits per heavy atom. The maximum absolute atomic E-state index is 13.9. The number of nitrogens with zero attached hydrogens (tertiary/aromatic N) is 1. The van der Waals surface area contributed by atoms with Gasteiger partial charge in [-0.1, -0.05) is 32.4 Å². The molecule has 1 aromatic carbocycles. The molecule has 19 heavy (non-hydrogen) atoms. The topological polar surface area (TPSA) is 29.3 Å². The number of likely N-dealkylation sites (tertiary alicyclic amines) is 1. The van der Waals surface area contributed by atoms with Crippen molar-refractivity contribution in [2.24, 2.45) is 11.1 Å². The third-order valence-corrected chi connectivity index (χ3v) is 4.66. The Balaban J connectivity index is 1.96. The summed E-state index contributed by atoms with van der Waals surface area (Å²) in [4.78, 5) is 2.36. The van der Waals surface area contributed by atoms with Crippen LogP contribution in [0.25, 0.3) is 0 Å². The minimum absolute atomic E-state index is 0.119. The molecule has 0 bridgehead atoms. The smallest absolute Gasteiger partial charge is 0.128 e. The molecule has 0 spiro atoms. The minimum Gasteiger partial charge on any atom is -0.326 e. The van der Waals surface area contributed by atoms with Gasteiger partial charge in [-0.25, -0.2) is 4.39 Å². The summed E-state index contributed by atoms with van der Waals surface area (Å²) in [5.41, 5.74) is 7.65. The van der Waals surface area contributed by atoms with Gasteiger partial charge in [0.2, 0.25) is 0 Å². The van der Waals surface area contributed by atoms with Crippen LogP contribution in [0.4, 0.5) is 4.39 Å². The van der Waals surface area contributed by atoms with Crippen LogP contribution in [-0.4, -0.2) is 18.0 Å². The van der Waals surface area contributed by atoms with E-state index in [4.69, 9.17) is 5.73 Å². The van der Waals surface area contributed by atoms with E-state index >= 15 is 0 Å². The van der Waals surface area contributed by atoms with Gasteiger partial charge in [0.05, 0.1) is 0 Å². The minimum atomic E-state index is -0.119. The molecule has 3 heteroatoms. The van der Waals surface area contributed by atoms with E-state index in [9.17, 15) is 4.39 Å². The standard InChI is InChI=1S/C16H25FN2/c1-3-16(2)6-8-19(9-7-16)12-14-5-4-13(11-18)10-15(14)17/h4-5,10H,3,6-9,11-12,18H2,1-2H3. The predicted octanol–water partition coefficient (Wildman–Crippen LogP) is 3.30. The number of halogens is 1. The fourth-order valence-electron chi connectivity index (χ4n) is 2.69. The molecule has 1 heterocycles. The molecular formula is C16H25FN2. The first-order valence-electron chi connectivity index (χ1n) is 7.26. The molecule has 106 valence electrons. The van der Waals surface area contributed by atoms with Crippen LogP contribution in [0.1, 0.15) is 44.2 Å². The Bertz CT molecular complexity index is 423. The third-order valence-electron chi connectivity index (χ3n) is 4.66. The zero-order chi connectivity index (χ0) is 13.9. The second kappa shape index (κ2) is 6.02. The normalized spacial score (nSPS) is 19.6. The third kappa shape index (κ3) is 3.54. The largest absolute Gasteiger partial charge is 0.326 e. The van der Waals surface area contributed by atoms with E-state index in [0.29, 0.717) is 12.0 Å². The Labute approximate surface area is 115 Å². The van der Waals surface area contributed by atoms with Crippen molar-refractivity contribution >= 4 is 0 Å².